The van der Waals surface area contributed by atoms with E-state index in [1.54, 1.807) is 23.1 Å². The molecule has 0 atom stereocenters. The minimum Gasteiger partial charge on any atom is -0.396 e. The van der Waals surface area contributed by atoms with Gasteiger partial charge in [0.2, 0.25) is 0 Å². The average Bonchev–Trinajstić information content (AvgIpc) is 3.05. The minimum absolute atomic E-state index is 0.00588. The fraction of sp³-hybridized carbons (Fsp3) is 0.688. The van der Waals surface area contributed by atoms with Gasteiger partial charge in [0.1, 0.15) is 5.00 Å². The van der Waals surface area contributed by atoms with E-state index >= 15 is 0 Å². The molecule has 21 heavy (non-hydrogen) atoms. The number of carbonyl (C=O) groups excluding carboxylic acids is 1. The maximum absolute atomic E-state index is 12.3. The Morgan fingerprint density at radius 3 is 2.57 bits per heavy atom. The summed E-state index contributed by atoms with van der Waals surface area (Å²) in [6, 6.07) is 0. The van der Waals surface area contributed by atoms with Gasteiger partial charge in [-0.3, -0.25) is 4.79 Å². The van der Waals surface area contributed by atoms with Crippen molar-refractivity contribution in [2.75, 3.05) is 30.5 Å². The molecule has 0 saturated heterocycles. The molecule has 1 aromatic heterocycles. The SMILES string of the molecule is CSc1c(N(C)CC2CCCC2)sc(C(=O)C(C)C)c1N. The number of thiophene rings is 1. The number of thioether (sulfide) groups is 1. The van der Waals surface area contributed by atoms with Gasteiger partial charge in [-0.05, 0) is 25.0 Å². The second-order valence-corrected chi connectivity index (χ2v) is 8.05. The van der Waals surface area contributed by atoms with Gasteiger partial charge in [-0.2, -0.15) is 0 Å². The number of ketones is 1. The van der Waals surface area contributed by atoms with Crippen LogP contribution in [0.15, 0.2) is 4.90 Å². The normalized spacial score (nSPS) is 15.9. The summed E-state index contributed by atoms with van der Waals surface area (Å²) in [6.45, 7) is 4.94. The number of Topliss-reactive ketones (excluding diaryl/α,β-unsaturated/α-hetero) is 1. The highest BCUT2D eigenvalue weighted by atomic mass is 32.2. The molecule has 2 rings (SSSR count). The lowest BCUT2D eigenvalue weighted by atomic mass is 10.1. The number of carbonyl (C=O) groups is 1. The summed E-state index contributed by atoms with van der Waals surface area (Å²) in [7, 11) is 2.13. The predicted octanol–water partition coefficient (Wildman–Crippen LogP) is 4.52. The summed E-state index contributed by atoms with van der Waals surface area (Å²) in [4.78, 5) is 16.4. The van der Waals surface area contributed by atoms with Gasteiger partial charge in [-0.1, -0.05) is 26.7 Å². The molecule has 0 aromatic carbocycles. The zero-order valence-corrected chi connectivity index (χ0v) is 15.1. The van der Waals surface area contributed by atoms with Gasteiger partial charge >= 0.3 is 0 Å². The monoisotopic (exact) mass is 326 g/mol. The maximum Gasteiger partial charge on any atom is 0.177 e. The Kier molecular flexibility index (Phi) is 5.60. The van der Waals surface area contributed by atoms with Crippen molar-refractivity contribution in [1.82, 2.24) is 0 Å². The van der Waals surface area contributed by atoms with Crippen LogP contribution in [0.3, 0.4) is 0 Å². The van der Waals surface area contributed by atoms with E-state index in [4.69, 9.17) is 5.73 Å². The Labute approximate surface area is 136 Å². The molecule has 0 radical (unpaired) electrons. The first-order chi connectivity index (χ1) is 9.95. The van der Waals surface area contributed by atoms with Gasteiger partial charge in [0, 0.05) is 19.5 Å². The number of hydrogen-bond acceptors (Lipinski definition) is 5. The Morgan fingerprint density at radius 2 is 2.05 bits per heavy atom. The Balaban J connectivity index is 2.25. The van der Waals surface area contributed by atoms with Gasteiger partial charge in [0.25, 0.3) is 0 Å². The van der Waals surface area contributed by atoms with Gasteiger partial charge < -0.3 is 10.6 Å². The van der Waals surface area contributed by atoms with E-state index in [0.29, 0.717) is 5.69 Å². The number of anilines is 2. The van der Waals surface area contributed by atoms with E-state index in [1.807, 2.05) is 20.1 Å². The summed E-state index contributed by atoms with van der Waals surface area (Å²) in [5.74, 6) is 0.944. The Hall–Kier alpha value is -0.680. The van der Waals surface area contributed by atoms with Crippen molar-refractivity contribution in [3.63, 3.8) is 0 Å². The van der Waals surface area contributed by atoms with Crippen LogP contribution in [0.5, 0.6) is 0 Å². The molecule has 3 nitrogen and oxygen atoms in total. The second-order valence-electron chi connectivity index (χ2n) is 6.23. The van der Waals surface area contributed by atoms with Gasteiger partial charge in [0.05, 0.1) is 15.5 Å². The lowest BCUT2D eigenvalue weighted by Crippen LogP contribution is -2.23. The highest BCUT2D eigenvalue weighted by Crippen LogP contribution is 2.44. The van der Waals surface area contributed by atoms with Crippen LogP contribution in [-0.4, -0.2) is 25.6 Å². The van der Waals surface area contributed by atoms with Crippen LogP contribution in [0.4, 0.5) is 10.7 Å². The number of hydrogen-bond donors (Lipinski definition) is 1. The molecule has 0 bridgehead atoms. The van der Waals surface area contributed by atoms with Crippen molar-refractivity contribution in [2.45, 2.75) is 44.4 Å². The highest BCUT2D eigenvalue weighted by molar-refractivity contribution is 7.99. The fourth-order valence-electron chi connectivity index (χ4n) is 2.97. The molecule has 1 heterocycles. The van der Waals surface area contributed by atoms with Crippen molar-refractivity contribution in [3.05, 3.63) is 4.88 Å². The summed E-state index contributed by atoms with van der Waals surface area (Å²) in [5.41, 5.74) is 6.92. The molecule has 0 spiro atoms. The third-order valence-corrected chi connectivity index (χ3v) is 6.47. The van der Waals surface area contributed by atoms with Gasteiger partial charge in [0.15, 0.2) is 5.78 Å². The predicted molar refractivity (Wildman–Crippen MR) is 94.9 cm³/mol. The highest BCUT2D eigenvalue weighted by Gasteiger charge is 2.25. The Morgan fingerprint density at radius 1 is 1.43 bits per heavy atom. The lowest BCUT2D eigenvalue weighted by molar-refractivity contribution is 0.0944. The number of rotatable bonds is 6. The van der Waals surface area contributed by atoms with E-state index in [1.165, 1.54) is 25.7 Å². The first-order valence-corrected chi connectivity index (χ1v) is 9.71. The summed E-state index contributed by atoms with van der Waals surface area (Å²) < 4.78 is 0. The van der Waals surface area contributed by atoms with Crippen LogP contribution in [0, 0.1) is 11.8 Å². The topological polar surface area (TPSA) is 46.3 Å². The van der Waals surface area contributed by atoms with E-state index in [2.05, 4.69) is 11.9 Å². The van der Waals surface area contributed by atoms with Gasteiger partial charge in [-0.25, -0.2) is 0 Å². The van der Waals surface area contributed by atoms with Crippen molar-refractivity contribution in [2.24, 2.45) is 11.8 Å². The largest absolute Gasteiger partial charge is 0.396 e. The number of nitrogen functional groups attached to an aromatic ring is 1. The Bertz CT molecular complexity index is 505. The molecule has 0 aliphatic heterocycles. The molecule has 1 aliphatic rings. The zero-order chi connectivity index (χ0) is 15.6. The molecular weight excluding hydrogens is 300 g/mol. The molecule has 1 saturated carbocycles. The third kappa shape index (κ3) is 3.57. The summed E-state index contributed by atoms with van der Waals surface area (Å²) in [5, 5.41) is 1.16. The molecule has 0 unspecified atom stereocenters. The zero-order valence-electron chi connectivity index (χ0n) is 13.4. The van der Waals surface area contributed by atoms with E-state index in [9.17, 15) is 4.79 Å². The van der Waals surface area contributed by atoms with Crippen molar-refractivity contribution >= 4 is 39.6 Å². The van der Waals surface area contributed by atoms with E-state index < -0.39 is 0 Å². The molecule has 2 N–H and O–H groups in total. The quantitative estimate of drug-likeness (QED) is 0.617. The maximum atomic E-state index is 12.3. The minimum atomic E-state index is -0.00588. The van der Waals surface area contributed by atoms with Crippen LogP contribution >= 0.6 is 23.1 Å². The fourth-order valence-corrected chi connectivity index (χ4v) is 5.24. The first-order valence-electron chi connectivity index (χ1n) is 7.67. The van der Waals surface area contributed by atoms with Crippen LogP contribution in [0.25, 0.3) is 0 Å². The second kappa shape index (κ2) is 7.05. The van der Waals surface area contributed by atoms with Crippen LogP contribution in [0.2, 0.25) is 0 Å². The average molecular weight is 327 g/mol. The lowest BCUT2D eigenvalue weighted by Gasteiger charge is -2.22. The molecule has 1 fully saturated rings. The molecule has 1 aromatic rings. The third-order valence-electron chi connectivity index (χ3n) is 4.19. The first kappa shape index (κ1) is 16.7. The smallest absolute Gasteiger partial charge is 0.177 e. The van der Waals surface area contributed by atoms with E-state index in [-0.39, 0.29) is 11.7 Å². The number of nitrogens with zero attached hydrogens (tertiary/aromatic N) is 1. The van der Waals surface area contributed by atoms with E-state index in [0.717, 1.165) is 27.2 Å². The van der Waals surface area contributed by atoms with Crippen LogP contribution < -0.4 is 10.6 Å². The molecular formula is C16H26N2OS2. The molecule has 0 amide bonds. The van der Waals surface area contributed by atoms with Crippen molar-refractivity contribution < 1.29 is 4.79 Å². The summed E-state index contributed by atoms with van der Waals surface area (Å²) >= 11 is 3.22. The molecule has 1 aliphatic carbocycles. The van der Waals surface area contributed by atoms with Crippen molar-refractivity contribution in [1.29, 1.82) is 0 Å². The van der Waals surface area contributed by atoms with Crippen molar-refractivity contribution in [3.8, 4) is 0 Å². The van der Waals surface area contributed by atoms with Crippen LogP contribution in [-0.2, 0) is 0 Å². The summed E-state index contributed by atoms with van der Waals surface area (Å²) in [6.07, 6.45) is 7.42. The van der Waals surface area contributed by atoms with Gasteiger partial charge in [-0.15, -0.1) is 23.1 Å². The standard InChI is InChI=1S/C16H26N2OS2/c1-10(2)13(19)14-12(17)15(20-4)16(21-14)18(3)9-11-7-5-6-8-11/h10-11H,5-9,17H2,1-4H3. The van der Waals surface area contributed by atoms with Crippen LogP contribution in [0.1, 0.15) is 49.2 Å². The molecule has 5 heteroatoms. The number of nitrogens with two attached hydrogens (primary N) is 1. The molecule has 118 valence electrons.